The molecule has 1 aliphatic heterocycles. The molecule has 5 heteroatoms. The minimum atomic E-state index is 0. The van der Waals surface area contributed by atoms with Crippen molar-refractivity contribution in [1.29, 1.82) is 0 Å². The Balaban J connectivity index is 0.00000242. The van der Waals surface area contributed by atoms with Crippen LogP contribution in [0.3, 0.4) is 0 Å². The molecule has 2 N–H and O–H groups in total. The first-order chi connectivity index (χ1) is 10.1. The molecule has 22 heavy (non-hydrogen) atoms. The molecule has 1 aliphatic rings. The van der Waals surface area contributed by atoms with E-state index in [1.807, 2.05) is 30.1 Å². The Kier molecular flexibility index (Phi) is 7.87. The highest BCUT2D eigenvalue weighted by Crippen LogP contribution is 2.22. The highest BCUT2D eigenvalue weighted by Gasteiger charge is 2.29. The van der Waals surface area contributed by atoms with Gasteiger partial charge in [0.2, 0.25) is 5.91 Å². The number of likely N-dealkylation sites (tertiary alicyclic amines) is 1. The minimum Gasteiger partial charge on any atom is -0.340 e. The number of benzene rings is 1. The molecule has 1 heterocycles. The number of halogens is 1. The Morgan fingerprint density at radius 2 is 2.05 bits per heavy atom. The fourth-order valence-electron chi connectivity index (χ4n) is 3.15. The van der Waals surface area contributed by atoms with Gasteiger partial charge in [0.05, 0.1) is 6.54 Å². The number of nitrogens with two attached hydrogens (primary N) is 1. The predicted molar refractivity (Wildman–Crippen MR) is 93.0 cm³/mol. The number of hydrogen-bond acceptors (Lipinski definition) is 3. The van der Waals surface area contributed by atoms with Crippen LogP contribution in [0.15, 0.2) is 30.3 Å². The molecule has 1 aromatic rings. The van der Waals surface area contributed by atoms with Gasteiger partial charge in [-0.25, -0.2) is 0 Å². The monoisotopic (exact) mass is 325 g/mol. The SMILES string of the molecule is CC1CCCN(CC(=O)N(C)Cc2ccccc2)C1CN.Cl. The molecule has 2 rings (SSSR count). The van der Waals surface area contributed by atoms with Crippen LogP contribution in [0.4, 0.5) is 0 Å². The van der Waals surface area contributed by atoms with E-state index in [1.54, 1.807) is 0 Å². The van der Waals surface area contributed by atoms with Gasteiger partial charge in [-0.2, -0.15) is 0 Å². The number of nitrogens with zero attached hydrogens (tertiary/aromatic N) is 2. The van der Waals surface area contributed by atoms with Crippen LogP contribution in [0, 0.1) is 5.92 Å². The Labute approximate surface area is 140 Å². The summed E-state index contributed by atoms with van der Waals surface area (Å²) >= 11 is 0. The molecule has 0 aliphatic carbocycles. The summed E-state index contributed by atoms with van der Waals surface area (Å²) < 4.78 is 0. The van der Waals surface area contributed by atoms with E-state index in [2.05, 4.69) is 24.0 Å². The summed E-state index contributed by atoms with van der Waals surface area (Å²) in [6.07, 6.45) is 2.37. The molecule has 2 atom stereocenters. The molecule has 1 fully saturated rings. The molecule has 0 aromatic heterocycles. The zero-order valence-corrected chi connectivity index (χ0v) is 14.4. The van der Waals surface area contributed by atoms with Crippen LogP contribution in [0.25, 0.3) is 0 Å². The van der Waals surface area contributed by atoms with Gasteiger partial charge < -0.3 is 10.6 Å². The van der Waals surface area contributed by atoms with Gasteiger partial charge in [0.1, 0.15) is 0 Å². The van der Waals surface area contributed by atoms with Gasteiger partial charge in [-0.15, -0.1) is 12.4 Å². The first kappa shape index (κ1) is 18.9. The standard InChI is InChI=1S/C17H27N3O.ClH/c1-14-7-6-10-20(16(14)11-18)13-17(21)19(2)12-15-8-4-3-5-9-15;/h3-5,8-9,14,16H,6-7,10-13,18H2,1-2H3;1H. The van der Waals surface area contributed by atoms with Gasteiger partial charge in [-0.1, -0.05) is 37.3 Å². The average Bonchev–Trinajstić information content (AvgIpc) is 2.48. The van der Waals surface area contributed by atoms with Gasteiger partial charge in [0, 0.05) is 26.2 Å². The highest BCUT2D eigenvalue weighted by atomic mass is 35.5. The van der Waals surface area contributed by atoms with Crippen LogP contribution >= 0.6 is 12.4 Å². The molecule has 0 spiro atoms. The normalized spacial score (nSPS) is 22.0. The smallest absolute Gasteiger partial charge is 0.236 e. The topological polar surface area (TPSA) is 49.6 Å². The third kappa shape index (κ3) is 4.97. The molecule has 0 saturated carbocycles. The van der Waals surface area contributed by atoms with Crippen molar-refractivity contribution >= 4 is 18.3 Å². The van der Waals surface area contributed by atoms with Crippen molar-refractivity contribution in [3.05, 3.63) is 35.9 Å². The van der Waals surface area contributed by atoms with Crippen LogP contribution in [-0.4, -0.2) is 48.4 Å². The highest BCUT2D eigenvalue weighted by molar-refractivity contribution is 5.85. The van der Waals surface area contributed by atoms with Gasteiger partial charge >= 0.3 is 0 Å². The second-order valence-electron chi connectivity index (χ2n) is 6.13. The summed E-state index contributed by atoms with van der Waals surface area (Å²) in [5.41, 5.74) is 7.06. The Hall–Kier alpha value is -1.10. The van der Waals surface area contributed by atoms with Gasteiger partial charge in [-0.05, 0) is 30.9 Å². The number of piperidine rings is 1. The quantitative estimate of drug-likeness (QED) is 0.902. The third-order valence-corrected chi connectivity index (χ3v) is 4.50. The molecule has 124 valence electrons. The van der Waals surface area contributed by atoms with Crippen molar-refractivity contribution in [1.82, 2.24) is 9.80 Å². The lowest BCUT2D eigenvalue weighted by Crippen LogP contribution is -2.52. The zero-order valence-electron chi connectivity index (χ0n) is 13.6. The predicted octanol–water partition coefficient (Wildman–Crippen LogP) is 2.13. The Bertz CT molecular complexity index is 454. The van der Waals surface area contributed by atoms with E-state index in [-0.39, 0.29) is 18.3 Å². The summed E-state index contributed by atoms with van der Waals surface area (Å²) in [6.45, 7) is 5.00. The molecular weight excluding hydrogens is 298 g/mol. The van der Waals surface area contributed by atoms with Gasteiger partial charge in [-0.3, -0.25) is 9.69 Å². The van der Waals surface area contributed by atoms with E-state index < -0.39 is 0 Å². The number of rotatable bonds is 5. The Morgan fingerprint density at radius 3 is 2.68 bits per heavy atom. The van der Waals surface area contributed by atoms with Crippen molar-refractivity contribution in [2.75, 3.05) is 26.7 Å². The third-order valence-electron chi connectivity index (χ3n) is 4.50. The molecule has 1 saturated heterocycles. The Morgan fingerprint density at radius 1 is 1.36 bits per heavy atom. The molecule has 1 aromatic carbocycles. The maximum Gasteiger partial charge on any atom is 0.236 e. The fraction of sp³-hybridized carbons (Fsp3) is 0.588. The summed E-state index contributed by atoms with van der Waals surface area (Å²) in [5, 5.41) is 0. The largest absolute Gasteiger partial charge is 0.340 e. The molecule has 1 amide bonds. The first-order valence-electron chi connectivity index (χ1n) is 7.84. The van der Waals surface area contributed by atoms with E-state index in [4.69, 9.17) is 5.73 Å². The van der Waals surface area contributed by atoms with Crippen molar-refractivity contribution in [3.63, 3.8) is 0 Å². The summed E-state index contributed by atoms with van der Waals surface area (Å²) in [4.78, 5) is 16.5. The number of carbonyl (C=O) groups excluding carboxylic acids is 1. The van der Waals surface area contributed by atoms with Gasteiger partial charge in [0.25, 0.3) is 0 Å². The maximum absolute atomic E-state index is 12.4. The number of hydrogen-bond donors (Lipinski definition) is 1. The van der Waals surface area contributed by atoms with E-state index in [0.717, 1.165) is 18.5 Å². The average molecular weight is 326 g/mol. The second-order valence-corrected chi connectivity index (χ2v) is 6.13. The van der Waals surface area contributed by atoms with Crippen LogP contribution in [0.1, 0.15) is 25.3 Å². The first-order valence-corrected chi connectivity index (χ1v) is 7.84. The maximum atomic E-state index is 12.4. The van der Waals surface area contributed by atoms with Crippen LogP contribution in [0.2, 0.25) is 0 Å². The lowest BCUT2D eigenvalue weighted by Gasteiger charge is -2.39. The second kappa shape index (κ2) is 9.13. The zero-order chi connectivity index (χ0) is 15.2. The van der Waals surface area contributed by atoms with E-state index >= 15 is 0 Å². The summed E-state index contributed by atoms with van der Waals surface area (Å²) in [6, 6.07) is 10.4. The van der Waals surface area contributed by atoms with Gasteiger partial charge in [0.15, 0.2) is 0 Å². The summed E-state index contributed by atoms with van der Waals surface area (Å²) in [5.74, 6) is 0.752. The van der Waals surface area contributed by atoms with Crippen molar-refractivity contribution in [2.45, 2.75) is 32.4 Å². The molecule has 0 bridgehead atoms. The number of likely N-dealkylation sites (N-methyl/N-ethyl adjacent to an activating group) is 1. The minimum absolute atomic E-state index is 0. The van der Waals surface area contributed by atoms with E-state index in [9.17, 15) is 4.79 Å². The van der Waals surface area contributed by atoms with Crippen LogP contribution in [-0.2, 0) is 11.3 Å². The lowest BCUT2D eigenvalue weighted by molar-refractivity contribution is -0.132. The molecule has 4 nitrogen and oxygen atoms in total. The van der Waals surface area contributed by atoms with Crippen molar-refractivity contribution < 1.29 is 4.79 Å². The number of amides is 1. The van der Waals surface area contributed by atoms with Crippen molar-refractivity contribution in [2.24, 2.45) is 11.7 Å². The van der Waals surface area contributed by atoms with E-state index in [1.165, 1.54) is 6.42 Å². The van der Waals surface area contributed by atoms with Crippen LogP contribution < -0.4 is 5.73 Å². The molecule has 0 radical (unpaired) electrons. The molecular formula is C17H28ClN3O. The van der Waals surface area contributed by atoms with Crippen molar-refractivity contribution in [3.8, 4) is 0 Å². The lowest BCUT2D eigenvalue weighted by atomic mass is 9.91. The van der Waals surface area contributed by atoms with E-state index in [0.29, 0.717) is 31.6 Å². The van der Waals surface area contributed by atoms with Crippen LogP contribution in [0.5, 0.6) is 0 Å². The summed E-state index contributed by atoms with van der Waals surface area (Å²) in [7, 11) is 1.88. The molecule has 2 unspecified atom stereocenters. The fourth-order valence-corrected chi connectivity index (χ4v) is 3.15. The number of carbonyl (C=O) groups is 1.